The number of likely N-dealkylation sites (N-methyl/N-ethyl adjacent to an activating group) is 1. The quantitative estimate of drug-likeness (QED) is 0.707. The molecule has 0 unspecified atom stereocenters. The Kier molecular flexibility index (Phi) is 6.46. The second-order valence-corrected chi connectivity index (χ2v) is 8.68. The first-order chi connectivity index (χ1) is 13.7. The van der Waals surface area contributed by atoms with Crippen molar-refractivity contribution in [2.45, 2.75) is 57.9 Å². The Morgan fingerprint density at radius 2 is 1.46 bits per heavy atom. The third-order valence-electron chi connectivity index (χ3n) is 6.48. The summed E-state index contributed by atoms with van der Waals surface area (Å²) in [5, 5.41) is 0. The van der Waals surface area contributed by atoms with E-state index in [4.69, 9.17) is 4.74 Å². The zero-order valence-corrected chi connectivity index (χ0v) is 17.4. The fourth-order valence-corrected chi connectivity index (χ4v) is 4.39. The Morgan fingerprint density at radius 1 is 0.857 bits per heavy atom. The molecule has 3 nitrogen and oxygen atoms in total. The van der Waals surface area contributed by atoms with E-state index < -0.39 is 0 Å². The summed E-state index contributed by atoms with van der Waals surface area (Å²) >= 11 is 0. The van der Waals surface area contributed by atoms with Crippen LogP contribution < -0.4 is 0 Å². The number of benzene rings is 2. The van der Waals surface area contributed by atoms with Crippen molar-refractivity contribution >= 4 is 0 Å². The van der Waals surface area contributed by atoms with Gasteiger partial charge in [0.1, 0.15) is 0 Å². The second kappa shape index (κ2) is 9.21. The highest BCUT2D eigenvalue weighted by Gasteiger charge is 2.20. The van der Waals surface area contributed by atoms with Crippen molar-refractivity contribution in [1.29, 1.82) is 0 Å². The maximum absolute atomic E-state index is 6.03. The van der Waals surface area contributed by atoms with Gasteiger partial charge in [-0.25, -0.2) is 0 Å². The van der Waals surface area contributed by atoms with Crippen molar-refractivity contribution in [2.24, 2.45) is 0 Å². The van der Waals surface area contributed by atoms with Gasteiger partial charge in [-0.15, -0.1) is 0 Å². The molecule has 0 radical (unpaired) electrons. The van der Waals surface area contributed by atoms with Gasteiger partial charge in [0.2, 0.25) is 0 Å². The largest absolute Gasteiger partial charge is 0.374 e. The summed E-state index contributed by atoms with van der Waals surface area (Å²) in [5.74, 6) is 0. The predicted octanol–water partition coefficient (Wildman–Crippen LogP) is 4.95. The van der Waals surface area contributed by atoms with Gasteiger partial charge in [-0.05, 0) is 49.1 Å². The van der Waals surface area contributed by atoms with Crippen molar-refractivity contribution in [1.82, 2.24) is 9.80 Å². The van der Waals surface area contributed by atoms with E-state index in [1.165, 1.54) is 47.9 Å². The van der Waals surface area contributed by atoms with Crippen LogP contribution in [0.15, 0.2) is 48.5 Å². The highest BCUT2D eigenvalue weighted by Crippen LogP contribution is 2.24. The molecule has 0 aromatic heterocycles. The molecule has 28 heavy (non-hydrogen) atoms. The lowest BCUT2D eigenvalue weighted by Crippen LogP contribution is -2.49. The monoisotopic (exact) mass is 378 g/mol. The molecule has 0 spiro atoms. The highest BCUT2D eigenvalue weighted by molar-refractivity contribution is 5.63. The smallest absolute Gasteiger partial charge is 0.0720 e. The molecule has 4 rings (SSSR count). The highest BCUT2D eigenvalue weighted by atomic mass is 16.5. The van der Waals surface area contributed by atoms with Gasteiger partial charge in [-0.3, -0.25) is 4.90 Å². The summed E-state index contributed by atoms with van der Waals surface area (Å²) in [6.45, 7) is 7.59. The molecule has 3 heteroatoms. The van der Waals surface area contributed by atoms with E-state index in [9.17, 15) is 0 Å². The molecule has 1 heterocycles. The van der Waals surface area contributed by atoms with E-state index in [-0.39, 0.29) is 0 Å². The van der Waals surface area contributed by atoms with Gasteiger partial charge in [-0.2, -0.15) is 0 Å². The molecule has 150 valence electrons. The van der Waals surface area contributed by atoms with Crippen LogP contribution in [0.3, 0.4) is 0 Å². The molecular weight excluding hydrogens is 344 g/mol. The number of hydrogen-bond donors (Lipinski definition) is 0. The molecule has 2 aliphatic rings. The van der Waals surface area contributed by atoms with Gasteiger partial charge >= 0.3 is 0 Å². The molecule has 0 amide bonds. The fourth-order valence-electron chi connectivity index (χ4n) is 4.39. The first-order valence-electron chi connectivity index (χ1n) is 10.9. The number of piperazine rings is 1. The zero-order chi connectivity index (χ0) is 19.3. The Balaban J connectivity index is 1.31. The van der Waals surface area contributed by atoms with E-state index in [0.29, 0.717) is 12.1 Å². The SMILES string of the molecule is C[C@@H]1CN(Cc2ccc(-c3ccc(COC4CCCC4)cc3)cc2)CCN1C. The Bertz CT molecular complexity index is 734. The van der Waals surface area contributed by atoms with E-state index in [0.717, 1.165) is 32.8 Å². The first kappa shape index (κ1) is 19.6. The van der Waals surface area contributed by atoms with Crippen LogP contribution in [-0.2, 0) is 17.9 Å². The lowest BCUT2D eigenvalue weighted by molar-refractivity contribution is 0.0457. The minimum atomic E-state index is 0.482. The van der Waals surface area contributed by atoms with Gasteiger partial charge in [0, 0.05) is 32.2 Å². The molecule has 1 aliphatic heterocycles. The molecule has 2 aromatic rings. The van der Waals surface area contributed by atoms with Crippen molar-refractivity contribution in [2.75, 3.05) is 26.7 Å². The van der Waals surface area contributed by atoms with Gasteiger partial charge in [-0.1, -0.05) is 61.4 Å². The van der Waals surface area contributed by atoms with Crippen molar-refractivity contribution in [3.8, 4) is 11.1 Å². The first-order valence-corrected chi connectivity index (χ1v) is 10.9. The summed E-state index contributed by atoms with van der Waals surface area (Å²) < 4.78 is 6.03. The number of rotatable bonds is 6. The van der Waals surface area contributed by atoms with Crippen LogP contribution in [0.1, 0.15) is 43.7 Å². The molecule has 0 bridgehead atoms. The minimum absolute atomic E-state index is 0.482. The normalized spacial score (nSPS) is 22.0. The van der Waals surface area contributed by atoms with Crippen molar-refractivity contribution < 1.29 is 4.74 Å². The third kappa shape index (κ3) is 5.02. The fraction of sp³-hybridized carbons (Fsp3) is 0.520. The lowest BCUT2D eigenvalue weighted by Gasteiger charge is -2.37. The molecule has 1 atom stereocenters. The van der Waals surface area contributed by atoms with Crippen LogP contribution in [0.25, 0.3) is 11.1 Å². The maximum Gasteiger partial charge on any atom is 0.0720 e. The summed E-state index contributed by atoms with van der Waals surface area (Å²) in [7, 11) is 2.23. The van der Waals surface area contributed by atoms with Crippen LogP contribution in [0.4, 0.5) is 0 Å². The maximum atomic E-state index is 6.03. The molecule has 0 N–H and O–H groups in total. The topological polar surface area (TPSA) is 15.7 Å². The molecule has 1 aliphatic carbocycles. The van der Waals surface area contributed by atoms with Crippen LogP contribution in [0.5, 0.6) is 0 Å². The Hall–Kier alpha value is -1.68. The van der Waals surface area contributed by atoms with Gasteiger partial charge in [0.05, 0.1) is 12.7 Å². The number of ether oxygens (including phenoxy) is 1. The summed E-state index contributed by atoms with van der Waals surface area (Å²) in [5.41, 5.74) is 5.25. The molecular formula is C25H34N2O. The second-order valence-electron chi connectivity index (χ2n) is 8.68. The summed E-state index contributed by atoms with van der Waals surface area (Å²) in [6.07, 6.45) is 5.60. The van der Waals surface area contributed by atoms with Gasteiger partial charge < -0.3 is 9.64 Å². The number of nitrogens with zero attached hydrogens (tertiary/aromatic N) is 2. The van der Waals surface area contributed by atoms with Crippen LogP contribution in [0, 0.1) is 0 Å². The van der Waals surface area contributed by atoms with Gasteiger partial charge in [0.25, 0.3) is 0 Å². The third-order valence-corrected chi connectivity index (χ3v) is 6.48. The van der Waals surface area contributed by atoms with Crippen molar-refractivity contribution in [3.63, 3.8) is 0 Å². The molecule has 2 aromatic carbocycles. The molecule has 1 saturated heterocycles. The van der Waals surface area contributed by atoms with Crippen LogP contribution in [0.2, 0.25) is 0 Å². The van der Waals surface area contributed by atoms with Gasteiger partial charge in [0.15, 0.2) is 0 Å². The molecule has 1 saturated carbocycles. The average molecular weight is 379 g/mol. The Labute approximate surface area is 170 Å². The van der Waals surface area contributed by atoms with E-state index in [1.54, 1.807) is 0 Å². The Morgan fingerprint density at radius 3 is 2.07 bits per heavy atom. The van der Waals surface area contributed by atoms with E-state index in [1.807, 2.05) is 0 Å². The molecule has 2 fully saturated rings. The van der Waals surface area contributed by atoms with Crippen molar-refractivity contribution in [3.05, 3.63) is 59.7 Å². The number of hydrogen-bond acceptors (Lipinski definition) is 3. The standard InChI is InChI=1S/C25H34N2O/c1-20-17-27(16-15-26(20)2)18-21-7-11-23(12-8-21)24-13-9-22(10-14-24)19-28-25-5-3-4-6-25/h7-14,20,25H,3-6,15-19H2,1-2H3/t20-/m1/s1. The minimum Gasteiger partial charge on any atom is -0.374 e. The van der Waals surface area contributed by atoms with Crippen LogP contribution >= 0.6 is 0 Å². The average Bonchev–Trinajstić information content (AvgIpc) is 3.24. The lowest BCUT2D eigenvalue weighted by atomic mass is 10.0. The van der Waals surface area contributed by atoms with Crippen LogP contribution in [-0.4, -0.2) is 48.6 Å². The zero-order valence-electron chi connectivity index (χ0n) is 17.4. The summed E-state index contributed by atoms with van der Waals surface area (Å²) in [6, 6.07) is 18.6. The van der Waals surface area contributed by atoms with E-state index >= 15 is 0 Å². The summed E-state index contributed by atoms with van der Waals surface area (Å²) in [4.78, 5) is 5.01. The predicted molar refractivity (Wildman–Crippen MR) is 116 cm³/mol. The van der Waals surface area contributed by atoms with E-state index in [2.05, 4.69) is 72.3 Å².